The molecule has 0 radical (unpaired) electrons. The molecule has 3 aromatic rings. The molecule has 106 valence electrons. The van der Waals surface area contributed by atoms with Crippen molar-refractivity contribution in [1.29, 1.82) is 0 Å². The quantitative estimate of drug-likeness (QED) is 0.558. The van der Waals surface area contributed by atoms with Crippen LogP contribution in [-0.4, -0.2) is 22.1 Å². The van der Waals surface area contributed by atoms with Crippen LogP contribution in [0.15, 0.2) is 48.9 Å². The Morgan fingerprint density at radius 2 is 1.86 bits per heavy atom. The molecule has 3 rings (SSSR count). The highest BCUT2D eigenvalue weighted by molar-refractivity contribution is 5.82. The molecule has 0 spiro atoms. The molecule has 6 nitrogen and oxygen atoms in total. The lowest BCUT2D eigenvalue weighted by atomic mass is 10.0. The normalized spacial score (nSPS) is 12.3. The Morgan fingerprint density at radius 3 is 2.67 bits per heavy atom. The molecule has 0 saturated carbocycles. The van der Waals surface area contributed by atoms with E-state index in [9.17, 15) is 0 Å². The summed E-state index contributed by atoms with van der Waals surface area (Å²) >= 11 is 0. The number of aromatic nitrogens is 3. The highest BCUT2D eigenvalue weighted by atomic mass is 16.5. The van der Waals surface area contributed by atoms with E-state index in [1.165, 1.54) is 0 Å². The third kappa shape index (κ3) is 2.42. The van der Waals surface area contributed by atoms with Crippen LogP contribution in [0.1, 0.15) is 17.3 Å². The predicted molar refractivity (Wildman–Crippen MR) is 79.5 cm³/mol. The summed E-state index contributed by atoms with van der Waals surface area (Å²) < 4.78 is 5.27. The molecule has 1 unspecified atom stereocenters. The standard InChI is InChI=1S/C15H15N5O/c1-21-15-14(18-8-9-19-15)13(20-16)11-6-2-4-10-5-3-7-17-12(10)11/h2-9,13,20H,16H2,1H3. The highest BCUT2D eigenvalue weighted by Gasteiger charge is 2.21. The number of hydrogen-bond acceptors (Lipinski definition) is 6. The van der Waals surface area contributed by atoms with Crippen LogP contribution in [0, 0.1) is 0 Å². The van der Waals surface area contributed by atoms with Crippen LogP contribution in [0.25, 0.3) is 10.9 Å². The zero-order chi connectivity index (χ0) is 14.7. The lowest BCUT2D eigenvalue weighted by Gasteiger charge is -2.18. The van der Waals surface area contributed by atoms with E-state index in [2.05, 4.69) is 20.4 Å². The summed E-state index contributed by atoms with van der Waals surface area (Å²) in [5, 5.41) is 1.04. The monoisotopic (exact) mass is 281 g/mol. The maximum Gasteiger partial charge on any atom is 0.237 e. The second-order valence-electron chi connectivity index (χ2n) is 4.47. The Kier molecular flexibility index (Phi) is 3.72. The van der Waals surface area contributed by atoms with Gasteiger partial charge in [0, 0.05) is 29.5 Å². The number of hydrazine groups is 1. The fraction of sp³-hybridized carbons (Fsp3) is 0.133. The van der Waals surface area contributed by atoms with Gasteiger partial charge in [0.15, 0.2) is 0 Å². The molecule has 6 heteroatoms. The molecular weight excluding hydrogens is 266 g/mol. The second kappa shape index (κ2) is 5.82. The molecule has 1 atom stereocenters. The summed E-state index contributed by atoms with van der Waals surface area (Å²) in [6, 6.07) is 9.49. The third-order valence-electron chi connectivity index (χ3n) is 3.30. The number of para-hydroxylation sites is 1. The van der Waals surface area contributed by atoms with Crippen LogP contribution in [0.2, 0.25) is 0 Å². The van der Waals surface area contributed by atoms with Crippen LogP contribution in [0.5, 0.6) is 5.88 Å². The topological polar surface area (TPSA) is 86.0 Å². The van der Waals surface area contributed by atoms with Crippen molar-refractivity contribution in [3.63, 3.8) is 0 Å². The summed E-state index contributed by atoms with van der Waals surface area (Å²) in [4.78, 5) is 13.0. The average Bonchev–Trinajstić information content (AvgIpc) is 2.56. The number of nitrogens with two attached hydrogens (primary N) is 1. The van der Waals surface area contributed by atoms with Crippen molar-refractivity contribution in [1.82, 2.24) is 20.4 Å². The van der Waals surface area contributed by atoms with Gasteiger partial charge in [-0.05, 0) is 6.07 Å². The summed E-state index contributed by atoms with van der Waals surface area (Å²) in [5.41, 5.74) is 5.20. The Labute approximate surface area is 122 Å². The lowest BCUT2D eigenvalue weighted by Crippen LogP contribution is -2.30. The van der Waals surface area contributed by atoms with Gasteiger partial charge in [-0.15, -0.1) is 0 Å². The molecule has 2 aromatic heterocycles. The second-order valence-corrected chi connectivity index (χ2v) is 4.47. The van der Waals surface area contributed by atoms with E-state index >= 15 is 0 Å². The number of hydrogen-bond donors (Lipinski definition) is 2. The van der Waals surface area contributed by atoms with E-state index in [4.69, 9.17) is 10.6 Å². The van der Waals surface area contributed by atoms with Crippen LogP contribution < -0.4 is 16.0 Å². The molecule has 0 aliphatic rings. The number of ether oxygens (including phenoxy) is 1. The van der Waals surface area contributed by atoms with Gasteiger partial charge in [-0.25, -0.2) is 10.4 Å². The number of methoxy groups -OCH3 is 1. The number of pyridine rings is 1. The van der Waals surface area contributed by atoms with Gasteiger partial charge in [-0.2, -0.15) is 0 Å². The first-order valence-corrected chi connectivity index (χ1v) is 6.50. The van der Waals surface area contributed by atoms with Gasteiger partial charge >= 0.3 is 0 Å². The number of nitrogens with zero attached hydrogens (tertiary/aromatic N) is 3. The average molecular weight is 281 g/mol. The summed E-state index contributed by atoms with van der Waals surface area (Å²) in [6.07, 6.45) is 4.95. The highest BCUT2D eigenvalue weighted by Crippen LogP contribution is 2.29. The van der Waals surface area contributed by atoms with Gasteiger partial charge in [0.05, 0.1) is 18.7 Å². The summed E-state index contributed by atoms with van der Waals surface area (Å²) in [6.45, 7) is 0. The van der Waals surface area contributed by atoms with Crippen molar-refractivity contribution in [2.75, 3.05) is 7.11 Å². The number of rotatable bonds is 4. The SMILES string of the molecule is COc1nccnc1C(NN)c1cccc2cccnc12. The number of nitrogens with one attached hydrogen (secondary N) is 1. The van der Waals surface area contributed by atoms with E-state index in [1.807, 2.05) is 30.3 Å². The van der Waals surface area contributed by atoms with E-state index in [-0.39, 0.29) is 6.04 Å². The van der Waals surface area contributed by atoms with Crippen molar-refractivity contribution < 1.29 is 4.74 Å². The molecule has 1 aromatic carbocycles. The molecule has 0 fully saturated rings. The van der Waals surface area contributed by atoms with Crippen molar-refractivity contribution in [2.45, 2.75) is 6.04 Å². The Balaban J connectivity index is 2.19. The van der Waals surface area contributed by atoms with Crippen molar-refractivity contribution in [2.24, 2.45) is 5.84 Å². The van der Waals surface area contributed by atoms with Crippen LogP contribution in [0.4, 0.5) is 0 Å². The minimum Gasteiger partial charge on any atom is -0.480 e. The van der Waals surface area contributed by atoms with Gasteiger partial charge in [0.25, 0.3) is 0 Å². The molecule has 0 saturated heterocycles. The van der Waals surface area contributed by atoms with Crippen molar-refractivity contribution >= 4 is 10.9 Å². The predicted octanol–water partition coefficient (Wildman–Crippen LogP) is 1.59. The molecule has 2 heterocycles. The van der Waals surface area contributed by atoms with E-state index in [0.717, 1.165) is 16.5 Å². The summed E-state index contributed by atoms with van der Waals surface area (Å²) in [5.74, 6) is 6.19. The first-order chi connectivity index (χ1) is 10.3. The molecule has 0 aliphatic heterocycles. The molecule has 0 bridgehead atoms. The Hall–Kier alpha value is -2.57. The maximum atomic E-state index is 5.75. The van der Waals surface area contributed by atoms with Crippen LogP contribution >= 0.6 is 0 Å². The van der Waals surface area contributed by atoms with E-state index in [0.29, 0.717) is 11.6 Å². The Morgan fingerprint density at radius 1 is 1.05 bits per heavy atom. The van der Waals surface area contributed by atoms with Crippen LogP contribution in [-0.2, 0) is 0 Å². The zero-order valence-corrected chi connectivity index (χ0v) is 11.5. The largest absolute Gasteiger partial charge is 0.480 e. The molecule has 3 N–H and O–H groups in total. The van der Waals surface area contributed by atoms with Crippen LogP contribution in [0.3, 0.4) is 0 Å². The molecule has 21 heavy (non-hydrogen) atoms. The smallest absolute Gasteiger partial charge is 0.237 e. The van der Waals surface area contributed by atoms with E-state index in [1.54, 1.807) is 25.7 Å². The van der Waals surface area contributed by atoms with E-state index < -0.39 is 0 Å². The lowest BCUT2D eigenvalue weighted by molar-refractivity contribution is 0.383. The minimum absolute atomic E-state index is 0.354. The van der Waals surface area contributed by atoms with Gasteiger partial charge in [0.1, 0.15) is 5.69 Å². The maximum absolute atomic E-state index is 5.75. The number of fused-ring (bicyclic) bond motifs is 1. The van der Waals surface area contributed by atoms with Gasteiger partial charge in [-0.3, -0.25) is 15.8 Å². The molecular formula is C15H15N5O. The fourth-order valence-corrected chi connectivity index (χ4v) is 2.37. The minimum atomic E-state index is -0.354. The Bertz CT molecular complexity index is 756. The third-order valence-corrected chi connectivity index (χ3v) is 3.30. The van der Waals surface area contributed by atoms with Gasteiger partial charge in [-0.1, -0.05) is 24.3 Å². The molecule has 0 aliphatic carbocycles. The van der Waals surface area contributed by atoms with Crippen molar-refractivity contribution in [3.8, 4) is 5.88 Å². The summed E-state index contributed by atoms with van der Waals surface area (Å²) in [7, 11) is 1.56. The first-order valence-electron chi connectivity index (χ1n) is 6.50. The fourth-order valence-electron chi connectivity index (χ4n) is 2.37. The van der Waals surface area contributed by atoms with Crippen molar-refractivity contribution in [3.05, 3.63) is 60.2 Å². The number of benzene rings is 1. The van der Waals surface area contributed by atoms with Gasteiger partial charge in [0.2, 0.25) is 5.88 Å². The zero-order valence-electron chi connectivity index (χ0n) is 11.5. The first kappa shape index (κ1) is 13.4. The molecule has 0 amide bonds. The van der Waals surface area contributed by atoms with Gasteiger partial charge < -0.3 is 4.74 Å².